The van der Waals surface area contributed by atoms with Crippen LogP contribution in [-0.4, -0.2) is 34.8 Å². The van der Waals surface area contributed by atoms with Crippen LogP contribution >= 0.6 is 11.3 Å². The van der Waals surface area contributed by atoms with Crippen LogP contribution in [0.3, 0.4) is 0 Å². The number of thiophene rings is 1. The minimum atomic E-state index is -3.89. The molecule has 1 aromatic rings. The predicted molar refractivity (Wildman–Crippen MR) is 166 cm³/mol. The van der Waals surface area contributed by atoms with Crippen molar-refractivity contribution in [2.45, 2.75) is 162 Å². The molecule has 39 heavy (non-hydrogen) atoms. The molecule has 2 heterocycles. The minimum absolute atomic E-state index is 0.0201. The van der Waals surface area contributed by atoms with Crippen molar-refractivity contribution in [3.05, 3.63) is 11.6 Å². The number of rotatable bonds is 22. The van der Waals surface area contributed by atoms with E-state index in [0.29, 0.717) is 24.9 Å². The molecule has 0 unspecified atom stereocenters. The molecule has 0 aliphatic carbocycles. The zero-order valence-corrected chi connectivity index (χ0v) is 27.2. The highest BCUT2D eigenvalue weighted by atomic mass is 32.3. The molecule has 1 aromatic heterocycles. The first-order chi connectivity index (χ1) is 18.7. The fourth-order valence-electron chi connectivity index (χ4n) is 5.33. The molecule has 2 atom stereocenters. The van der Waals surface area contributed by atoms with E-state index in [4.69, 9.17) is 0 Å². The molecule has 0 bridgehead atoms. The van der Waals surface area contributed by atoms with E-state index in [9.17, 15) is 16.8 Å². The summed E-state index contributed by atoms with van der Waals surface area (Å²) in [5.41, 5.74) is 0.571. The standard InChI is InChI=1S/C30H54N2O4S3/c1-4-6-7-8-9-10-11-12-13-14-15-16-17-18-19-20-21-22-23-32-39(35,36)29-25-27-28(31-5-2)24-26(3)38(33,34)30(27)37-29/h23,25-26,28,31H,4-22,24H2,1-3H3/b32-23+/t26-,28-/m0/s1. The van der Waals surface area contributed by atoms with Crippen molar-refractivity contribution in [2.75, 3.05) is 6.54 Å². The molecule has 0 radical (unpaired) electrons. The summed E-state index contributed by atoms with van der Waals surface area (Å²) in [6.07, 6.45) is 24.9. The van der Waals surface area contributed by atoms with E-state index in [-0.39, 0.29) is 14.5 Å². The molecule has 0 saturated carbocycles. The molecule has 2 rings (SSSR count). The molecule has 0 spiro atoms. The van der Waals surface area contributed by atoms with E-state index >= 15 is 0 Å². The van der Waals surface area contributed by atoms with Crippen molar-refractivity contribution >= 4 is 37.4 Å². The lowest BCUT2D eigenvalue weighted by molar-refractivity contribution is 0.477. The maximum Gasteiger partial charge on any atom is 0.291 e. The topological polar surface area (TPSA) is 92.7 Å². The van der Waals surface area contributed by atoms with Gasteiger partial charge in [-0.15, -0.1) is 11.3 Å². The largest absolute Gasteiger partial charge is 0.310 e. The van der Waals surface area contributed by atoms with Gasteiger partial charge in [0.05, 0.1) is 5.25 Å². The lowest BCUT2D eigenvalue weighted by Gasteiger charge is -2.27. The van der Waals surface area contributed by atoms with Gasteiger partial charge in [-0.05, 0) is 38.8 Å². The molecule has 0 aromatic carbocycles. The fraction of sp³-hybridized carbons (Fsp3) is 0.833. The highest BCUT2D eigenvalue weighted by Gasteiger charge is 2.39. The number of fused-ring (bicyclic) bond motifs is 1. The lowest BCUT2D eigenvalue weighted by atomic mass is 10.0. The highest BCUT2D eigenvalue weighted by Crippen LogP contribution is 2.43. The number of nitrogens with zero attached hydrogens (tertiary/aromatic N) is 1. The first-order valence-corrected chi connectivity index (χ1v) is 19.4. The summed E-state index contributed by atoms with van der Waals surface area (Å²) in [6, 6.07) is 1.36. The minimum Gasteiger partial charge on any atom is -0.310 e. The van der Waals surface area contributed by atoms with Gasteiger partial charge in [-0.1, -0.05) is 117 Å². The normalized spacial score (nSPS) is 19.1. The number of nitrogens with one attached hydrogen (secondary N) is 1. The van der Waals surface area contributed by atoms with Crippen LogP contribution in [0.25, 0.3) is 0 Å². The zero-order chi connectivity index (χ0) is 28.6. The first kappa shape index (κ1) is 34.4. The van der Waals surface area contributed by atoms with E-state index in [1.54, 1.807) is 6.92 Å². The zero-order valence-electron chi connectivity index (χ0n) is 24.8. The second-order valence-electron chi connectivity index (χ2n) is 11.2. The summed E-state index contributed by atoms with van der Waals surface area (Å²) >= 11 is 0.843. The van der Waals surface area contributed by atoms with Crippen LogP contribution in [0.1, 0.15) is 154 Å². The Kier molecular flexibility index (Phi) is 16.4. The van der Waals surface area contributed by atoms with Crippen molar-refractivity contribution < 1.29 is 16.8 Å². The monoisotopic (exact) mass is 602 g/mol. The van der Waals surface area contributed by atoms with Gasteiger partial charge in [0.15, 0.2) is 9.84 Å². The maximum absolute atomic E-state index is 12.8. The van der Waals surface area contributed by atoms with E-state index in [1.165, 1.54) is 109 Å². The van der Waals surface area contributed by atoms with Gasteiger partial charge in [0.2, 0.25) is 0 Å². The van der Waals surface area contributed by atoms with Crippen LogP contribution in [-0.2, 0) is 19.9 Å². The van der Waals surface area contributed by atoms with Crippen LogP contribution in [0.4, 0.5) is 0 Å². The Morgan fingerprint density at radius 2 is 1.36 bits per heavy atom. The quantitative estimate of drug-likeness (QED) is 0.106. The summed E-state index contributed by atoms with van der Waals surface area (Å²) in [5, 5.41) is 2.75. The van der Waals surface area contributed by atoms with E-state index in [1.807, 2.05) is 6.92 Å². The first-order valence-electron chi connectivity index (χ1n) is 15.6. The maximum atomic E-state index is 12.8. The van der Waals surface area contributed by atoms with E-state index in [2.05, 4.69) is 16.6 Å². The Balaban J connectivity index is 1.57. The SMILES string of the molecule is CCCCCCCCCCCCCCCCCCC/C=N/S(=O)(=O)c1cc2c(s1)S(=O)(=O)[C@@H](C)C[C@@H]2NCC. The van der Waals surface area contributed by atoms with Crippen LogP contribution in [0.2, 0.25) is 0 Å². The average Bonchev–Trinajstić information content (AvgIpc) is 3.37. The molecular formula is C30H54N2O4S3. The van der Waals surface area contributed by atoms with Gasteiger partial charge in [0.1, 0.15) is 8.42 Å². The van der Waals surface area contributed by atoms with Crippen LogP contribution < -0.4 is 5.32 Å². The number of unbranched alkanes of at least 4 members (excludes halogenated alkanes) is 17. The van der Waals surface area contributed by atoms with E-state index in [0.717, 1.165) is 24.2 Å². The molecule has 1 aliphatic rings. The highest BCUT2D eigenvalue weighted by molar-refractivity contribution is 7.96. The van der Waals surface area contributed by atoms with Gasteiger partial charge in [-0.2, -0.15) is 12.8 Å². The van der Waals surface area contributed by atoms with Gasteiger partial charge < -0.3 is 5.32 Å². The van der Waals surface area contributed by atoms with Gasteiger partial charge in [-0.3, -0.25) is 0 Å². The van der Waals surface area contributed by atoms with Crippen LogP contribution in [0.15, 0.2) is 18.9 Å². The van der Waals surface area contributed by atoms with Crippen LogP contribution in [0, 0.1) is 0 Å². The van der Waals surface area contributed by atoms with Gasteiger partial charge in [-0.25, -0.2) is 8.42 Å². The fourth-order valence-corrected chi connectivity index (χ4v) is 10.2. The van der Waals surface area contributed by atoms with Crippen molar-refractivity contribution in [2.24, 2.45) is 4.40 Å². The summed E-state index contributed by atoms with van der Waals surface area (Å²) in [6.45, 7) is 6.60. The molecule has 1 N–H and O–H groups in total. The molecular weight excluding hydrogens is 549 g/mol. The van der Waals surface area contributed by atoms with Crippen molar-refractivity contribution in [1.29, 1.82) is 0 Å². The number of hydrogen-bond donors (Lipinski definition) is 1. The Morgan fingerprint density at radius 3 is 1.85 bits per heavy atom. The van der Waals surface area contributed by atoms with Crippen LogP contribution in [0.5, 0.6) is 0 Å². The molecule has 6 nitrogen and oxygen atoms in total. The van der Waals surface area contributed by atoms with Crippen molar-refractivity contribution in [1.82, 2.24) is 5.32 Å². The third kappa shape index (κ3) is 11.9. The summed E-state index contributed by atoms with van der Waals surface area (Å²) in [4.78, 5) is 0. The molecule has 0 saturated heterocycles. The smallest absolute Gasteiger partial charge is 0.291 e. The second-order valence-corrected chi connectivity index (χ2v) is 16.7. The summed E-state index contributed by atoms with van der Waals surface area (Å²) < 4.78 is 55.2. The number of hydrogen-bond acceptors (Lipinski definition) is 6. The third-order valence-corrected chi connectivity index (χ3v) is 13.4. The second kappa shape index (κ2) is 18.6. The van der Waals surface area contributed by atoms with Crippen molar-refractivity contribution in [3.63, 3.8) is 0 Å². The molecule has 1 aliphatic heterocycles. The number of sulfone groups is 1. The lowest BCUT2D eigenvalue weighted by Crippen LogP contribution is -2.33. The predicted octanol–water partition coefficient (Wildman–Crippen LogP) is 8.77. The van der Waals surface area contributed by atoms with Crippen molar-refractivity contribution in [3.8, 4) is 0 Å². The molecule has 9 heteroatoms. The third-order valence-electron chi connectivity index (χ3n) is 7.79. The Labute approximate surface area is 243 Å². The van der Waals surface area contributed by atoms with Gasteiger partial charge >= 0.3 is 0 Å². The Bertz CT molecular complexity index is 1050. The molecule has 0 fully saturated rings. The number of sulfonamides is 1. The average molecular weight is 603 g/mol. The van der Waals surface area contributed by atoms with E-state index < -0.39 is 25.1 Å². The summed E-state index contributed by atoms with van der Waals surface area (Å²) in [7, 11) is -7.39. The van der Waals surface area contributed by atoms with Gasteiger partial charge in [0, 0.05) is 17.8 Å². The molecule has 226 valence electrons. The Morgan fingerprint density at radius 1 is 0.872 bits per heavy atom. The Hall–Kier alpha value is -0.770. The molecule has 0 amide bonds. The van der Waals surface area contributed by atoms with Gasteiger partial charge in [0.25, 0.3) is 10.0 Å². The summed E-state index contributed by atoms with van der Waals surface area (Å²) in [5.74, 6) is 0.